The third-order valence-electron chi connectivity index (χ3n) is 7.40. The van der Waals surface area contributed by atoms with Crippen molar-refractivity contribution in [3.05, 3.63) is 53.4 Å². The van der Waals surface area contributed by atoms with Crippen LogP contribution in [-0.2, 0) is 13.5 Å². The highest BCUT2D eigenvalue weighted by molar-refractivity contribution is 7.17. The van der Waals surface area contributed by atoms with Gasteiger partial charge in [0.2, 0.25) is 5.75 Å². The van der Waals surface area contributed by atoms with Gasteiger partial charge in [-0.05, 0) is 59.8 Å². The lowest BCUT2D eigenvalue weighted by Gasteiger charge is -2.35. The molecule has 1 aliphatic rings. The van der Waals surface area contributed by atoms with Gasteiger partial charge in [0.15, 0.2) is 11.5 Å². The number of fused-ring (bicyclic) bond motifs is 1. The SMILES string of the molecule is COc1cc(CCN2CCN(CC(O)COc3ccc(-c4nn(C)c5ccsc45)cc3)CC2)cc(OC)c1OC. The molecule has 1 saturated heterocycles. The Hall–Kier alpha value is -3.31. The van der Waals surface area contributed by atoms with E-state index in [-0.39, 0.29) is 6.61 Å². The number of β-amino-alcohol motifs (C(OH)–C–C–N with tert-alkyl or cyclic N) is 1. The van der Waals surface area contributed by atoms with E-state index >= 15 is 0 Å². The number of aryl methyl sites for hydroxylation is 1. The first kappa shape index (κ1) is 28.2. The summed E-state index contributed by atoms with van der Waals surface area (Å²) in [6.45, 7) is 5.58. The van der Waals surface area contributed by atoms with Crippen LogP contribution in [0.3, 0.4) is 0 Å². The number of aromatic nitrogens is 2. The number of rotatable bonds is 12. The summed E-state index contributed by atoms with van der Waals surface area (Å²) in [6, 6.07) is 14.1. The fourth-order valence-corrected chi connectivity index (χ4v) is 6.11. The Morgan fingerprint density at radius 3 is 2.25 bits per heavy atom. The highest BCUT2D eigenvalue weighted by Gasteiger charge is 2.20. The lowest BCUT2D eigenvalue weighted by Crippen LogP contribution is -2.49. The van der Waals surface area contributed by atoms with Crippen LogP contribution in [0.15, 0.2) is 47.8 Å². The largest absolute Gasteiger partial charge is 0.493 e. The molecular formula is C30H38N4O5S. The van der Waals surface area contributed by atoms with Crippen molar-refractivity contribution in [1.82, 2.24) is 19.6 Å². The zero-order valence-corrected chi connectivity index (χ0v) is 24.4. The highest BCUT2D eigenvalue weighted by atomic mass is 32.1. The summed E-state index contributed by atoms with van der Waals surface area (Å²) >= 11 is 1.70. The molecule has 0 amide bonds. The van der Waals surface area contributed by atoms with Crippen LogP contribution in [0.5, 0.6) is 23.0 Å². The molecule has 0 bridgehead atoms. The zero-order chi connectivity index (χ0) is 28.1. The minimum atomic E-state index is -0.549. The van der Waals surface area contributed by atoms with Crippen LogP contribution in [0.25, 0.3) is 21.5 Å². The molecular weight excluding hydrogens is 528 g/mol. The second-order valence-electron chi connectivity index (χ2n) is 10.0. The van der Waals surface area contributed by atoms with Crippen LogP contribution in [-0.4, -0.2) is 98.0 Å². The molecule has 1 aliphatic heterocycles. The third-order valence-corrected chi connectivity index (χ3v) is 8.31. The van der Waals surface area contributed by atoms with E-state index < -0.39 is 6.10 Å². The molecule has 10 heteroatoms. The van der Waals surface area contributed by atoms with E-state index in [1.807, 2.05) is 48.1 Å². The number of piperazine rings is 1. The summed E-state index contributed by atoms with van der Waals surface area (Å²) in [7, 11) is 6.86. The summed E-state index contributed by atoms with van der Waals surface area (Å²) in [4.78, 5) is 4.76. The fourth-order valence-electron chi connectivity index (χ4n) is 5.19. The number of hydrogen-bond donors (Lipinski definition) is 1. The Morgan fingerprint density at radius 1 is 0.925 bits per heavy atom. The van der Waals surface area contributed by atoms with Crippen LogP contribution in [0.4, 0.5) is 0 Å². The summed E-state index contributed by atoms with van der Waals surface area (Å²) in [5.41, 5.74) is 4.34. The molecule has 4 aromatic rings. The molecule has 2 aromatic carbocycles. The normalized spacial score (nSPS) is 15.3. The average molecular weight is 567 g/mol. The third kappa shape index (κ3) is 6.36. The minimum Gasteiger partial charge on any atom is -0.493 e. The van der Waals surface area contributed by atoms with E-state index in [0.29, 0.717) is 23.8 Å². The summed E-state index contributed by atoms with van der Waals surface area (Å²) < 4.78 is 25.4. The van der Waals surface area contributed by atoms with E-state index in [2.05, 4.69) is 26.3 Å². The number of thiophene rings is 1. The van der Waals surface area contributed by atoms with Gasteiger partial charge in [0, 0.05) is 51.9 Å². The zero-order valence-electron chi connectivity index (χ0n) is 23.6. The number of ether oxygens (including phenoxy) is 4. The molecule has 214 valence electrons. The Morgan fingerprint density at radius 2 is 1.60 bits per heavy atom. The van der Waals surface area contributed by atoms with Gasteiger partial charge in [-0.25, -0.2) is 0 Å². The number of aliphatic hydroxyl groups excluding tert-OH is 1. The van der Waals surface area contributed by atoms with Gasteiger partial charge in [0.1, 0.15) is 24.2 Å². The van der Waals surface area contributed by atoms with E-state index in [9.17, 15) is 5.11 Å². The van der Waals surface area contributed by atoms with Gasteiger partial charge in [0.25, 0.3) is 0 Å². The van der Waals surface area contributed by atoms with Crippen molar-refractivity contribution in [2.24, 2.45) is 7.05 Å². The minimum absolute atomic E-state index is 0.263. The van der Waals surface area contributed by atoms with Crippen molar-refractivity contribution >= 4 is 21.6 Å². The van der Waals surface area contributed by atoms with Crippen molar-refractivity contribution in [3.63, 3.8) is 0 Å². The predicted molar refractivity (Wildman–Crippen MR) is 158 cm³/mol. The van der Waals surface area contributed by atoms with Gasteiger partial charge in [-0.15, -0.1) is 11.3 Å². The standard InChI is InChI=1S/C30H38N4O5S/c1-32-25-10-16-40-30(25)28(31-32)22-5-7-24(8-6-22)39-20-23(35)19-34-14-12-33(13-15-34)11-9-21-17-26(36-2)29(38-4)27(18-21)37-3/h5-8,10,16-18,23,35H,9,11-15,19-20H2,1-4H3. The molecule has 0 spiro atoms. The molecule has 9 nitrogen and oxygen atoms in total. The average Bonchev–Trinajstić information content (AvgIpc) is 3.59. The highest BCUT2D eigenvalue weighted by Crippen LogP contribution is 2.38. The number of methoxy groups -OCH3 is 3. The van der Waals surface area contributed by atoms with Gasteiger partial charge < -0.3 is 29.0 Å². The van der Waals surface area contributed by atoms with Crippen molar-refractivity contribution in [2.75, 3.05) is 67.2 Å². The van der Waals surface area contributed by atoms with E-state index in [0.717, 1.165) is 67.2 Å². The quantitative estimate of drug-likeness (QED) is 0.276. The number of hydrogen-bond acceptors (Lipinski definition) is 9. The first-order valence-electron chi connectivity index (χ1n) is 13.5. The molecule has 1 N–H and O–H groups in total. The Balaban J connectivity index is 1.05. The van der Waals surface area contributed by atoms with Crippen LogP contribution in [0.2, 0.25) is 0 Å². The van der Waals surface area contributed by atoms with Crippen molar-refractivity contribution in [1.29, 1.82) is 0 Å². The Kier molecular flexibility index (Phi) is 9.11. The van der Waals surface area contributed by atoms with Crippen LogP contribution < -0.4 is 18.9 Å². The molecule has 1 atom stereocenters. The lowest BCUT2D eigenvalue weighted by atomic mass is 10.1. The molecule has 0 saturated carbocycles. The van der Waals surface area contributed by atoms with Crippen molar-refractivity contribution in [3.8, 4) is 34.3 Å². The summed E-state index contributed by atoms with van der Waals surface area (Å²) in [5.74, 6) is 2.73. The maximum absolute atomic E-state index is 10.6. The second kappa shape index (κ2) is 12.9. The molecule has 3 heterocycles. The smallest absolute Gasteiger partial charge is 0.203 e. The Bertz CT molecular complexity index is 1370. The number of aliphatic hydroxyl groups is 1. The maximum atomic E-state index is 10.6. The molecule has 0 radical (unpaired) electrons. The Labute approximate surface area is 239 Å². The summed E-state index contributed by atoms with van der Waals surface area (Å²) in [6.07, 6.45) is 0.344. The van der Waals surface area contributed by atoms with Crippen molar-refractivity contribution < 1.29 is 24.1 Å². The monoisotopic (exact) mass is 566 g/mol. The van der Waals surface area contributed by atoms with Crippen LogP contribution >= 0.6 is 11.3 Å². The van der Waals surface area contributed by atoms with Gasteiger partial charge >= 0.3 is 0 Å². The van der Waals surface area contributed by atoms with Gasteiger partial charge in [-0.1, -0.05) is 0 Å². The van der Waals surface area contributed by atoms with Gasteiger partial charge in [-0.3, -0.25) is 9.58 Å². The molecule has 5 rings (SSSR count). The fraction of sp³-hybridized carbons (Fsp3) is 0.433. The number of benzene rings is 2. The van der Waals surface area contributed by atoms with Crippen molar-refractivity contribution in [2.45, 2.75) is 12.5 Å². The maximum Gasteiger partial charge on any atom is 0.203 e. The van der Waals surface area contributed by atoms with Gasteiger partial charge in [-0.2, -0.15) is 5.10 Å². The van der Waals surface area contributed by atoms with E-state index in [1.54, 1.807) is 32.7 Å². The molecule has 1 fully saturated rings. The first-order chi connectivity index (χ1) is 19.5. The second-order valence-corrected chi connectivity index (χ2v) is 10.9. The van der Waals surface area contributed by atoms with Crippen LogP contribution in [0.1, 0.15) is 5.56 Å². The van der Waals surface area contributed by atoms with Gasteiger partial charge in [0.05, 0.1) is 31.5 Å². The molecule has 0 aliphatic carbocycles. The molecule has 2 aromatic heterocycles. The molecule has 40 heavy (non-hydrogen) atoms. The topological polar surface area (TPSA) is 81.5 Å². The molecule has 1 unspecified atom stereocenters. The van der Waals surface area contributed by atoms with E-state index in [1.165, 1.54) is 4.70 Å². The first-order valence-corrected chi connectivity index (χ1v) is 14.4. The lowest BCUT2D eigenvalue weighted by molar-refractivity contribution is 0.0463. The summed E-state index contributed by atoms with van der Waals surface area (Å²) in [5, 5.41) is 17.4. The predicted octanol–water partition coefficient (Wildman–Crippen LogP) is 3.93. The van der Waals surface area contributed by atoms with Crippen LogP contribution in [0, 0.1) is 0 Å². The number of nitrogens with zero attached hydrogens (tertiary/aromatic N) is 4. The van der Waals surface area contributed by atoms with E-state index in [4.69, 9.17) is 18.9 Å².